The predicted octanol–water partition coefficient (Wildman–Crippen LogP) is 3.30. The number of ether oxygens (including phenoxy) is 3. The molecule has 0 unspecified atom stereocenters. The van der Waals surface area contributed by atoms with Crippen molar-refractivity contribution in [2.75, 3.05) is 26.9 Å². The van der Waals surface area contributed by atoms with Crippen molar-refractivity contribution in [3.63, 3.8) is 0 Å². The number of fused-ring (bicyclic) bond motifs is 1. The lowest BCUT2D eigenvalue weighted by Crippen LogP contribution is -2.32. The van der Waals surface area contributed by atoms with Gasteiger partial charge in [0, 0.05) is 6.07 Å². The molecule has 4 aromatic rings. The lowest BCUT2D eigenvalue weighted by Gasteiger charge is -2.12. The van der Waals surface area contributed by atoms with Gasteiger partial charge in [-0.1, -0.05) is 18.2 Å². The van der Waals surface area contributed by atoms with Crippen LogP contribution in [0.4, 0.5) is 0 Å². The van der Waals surface area contributed by atoms with E-state index < -0.39 is 0 Å². The highest BCUT2D eigenvalue weighted by Gasteiger charge is 2.14. The van der Waals surface area contributed by atoms with Crippen LogP contribution in [0.15, 0.2) is 48.5 Å². The average Bonchev–Trinajstić information content (AvgIpc) is 3.26. The van der Waals surface area contributed by atoms with E-state index in [1.165, 1.54) is 0 Å². The van der Waals surface area contributed by atoms with Crippen molar-refractivity contribution in [2.24, 2.45) is 0 Å². The van der Waals surface area contributed by atoms with Gasteiger partial charge in [-0.15, -0.1) is 15.3 Å². The van der Waals surface area contributed by atoms with Crippen molar-refractivity contribution in [1.82, 2.24) is 25.1 Å². The van der Waals surface area contributed by atoms with E-state index in [1.807, 2.05) is 51.1 Å². The van der Waals surface area contributed by atoms with Crippen molar-refractivity contribution in [3.05, 3.63) is 65.2 Å². The summed E-state index contributed by atoms with van der Waals surface area (Å²) in [5, 5.41) is 15.7. The van der Waals surface area contributed by atoms with Crippen molar-refractivity contribution >= 4 is 11.6 Å². The minimum Gasteiger partial charge on any atom is -0.496 e. The Morgan fingerprint density at radius 3 is 2.65 bits per heavy atom. The molecule has 4 rings (SSSR count). The lowest BCUT2D eigenvalue weighted by molar-refractivity contribution is -0.123. The van der Waals surface area contributed by atoms with E-state index in [2.05, 4.69) is 26.7 Å². The molecule has 0 aliphatic carbocycles. The zero-order valence-electron chi connectivity index (χ0n) is 19.7. The molecule has 2 heterocycles. The summed E-state index contributed by atoms with van der Waals surface area (Å²) in [4.78, 5) is 12.2. The second kappa shape index (κ2) is 10.2. The number of methoxy groups -OCH3 is 1. The number of nitrogens with zero attached hydrogens (tertiary/aromatic N) is 4. The molecule has 9 nitrogen and oxygen atoms in total. The third-order valence-electron chi connectivity index (χ3n) is 5.38. The smallest absolute Gasteiger partial charge is 0.258 e. The molecule has 0 aliphatic heterocycles. The number of para-hydroxylation sites is 1. The summed E-state index contributed by atoms with van der Waals surface area (Å²) in [6, 6.07) is 15.0. The minimum atomic E-state index is -0.220. The van der Waals surface area contributed by atoms with E-state index in [1.54, 1.807) is 23.8 Å². The zero-order valence-corrected chi connectivity index (χ0v) is 19.7. The highest BCUT2D eigenvalue weighted by atomic mass is 16.5. The summed E-state index contributed by atoms with van der Waals surface area (Å²) in [7, 11) is 1.60. The Bertz CT molecular complexity index is 1320. The van der Waals surface area contributed by atoms with Crippen LogP contribution >= 0.6 is 0 Å². The number of aromatic nitrogens is 4. The van der Waals surface area contributed by atoms with E-state index in [0.29, 0.717) is 29.6 Å². The number of rotatable bonds is 9. The highest BCUT2D eigenvalue weighted by molar-refractivity contribution is 5.77. The van der Waals surface area contributed by atoms with Crippen molar-refractivity contribution in [1.29, 1.82) is 0 Å². The van der Waals surface area contributed by atoms with Crippen LogP contribution in [-0.4, -0.2) is 52.6 Å². The van der Waals surface area contributed by atoms with E-state index in [-0.39, 0.29) is 19.1 Å². The second-order valence-electron chi connectivity index (χ2n) is 7.86. The molecule has 0 atom stereocenters. The topological polar surface area (TPSA) is 99.9 Å². The molecule has 0 aliphatic rings. The Hall–Kier alpha value is -4.14. The number of hydrogen-bond acceptors (Lipinski definition) is 7. The van der Waals surface area contributed by atoms with Crippen LogP contribution in [0, 0.1) is 20.8 Å². The van der Waals surface area contributed by atoms with Gasteiger partial charge in [0.05, 0.1) is 19.2 Å². The largest absolute Gasteiger partial charge is 0.496 e. The molecule has 0 spiro atoms. The SMILES string of the molecule is COc1ccccc1-c1nnc2ccc(OCCNC(=O)COc3cc(C)cc(C)c3C)nn12. The molecular weight excluding hydrogens is 434 g/mol. The maximum atomic E-state index is 12.2. The molecule has 34 heavy (non-hydrogen) atoms. The maximum absolute atomic E-state index is 12.2. The Morgan fingerprint density at radius 1 is 1.00 bits per heavy atom. The van der Waals surface area contributed by atoms with Gasteiger partial charge < -0.3 is 19.5 Å². The summed E-state index contributed by atoms with van der Waals surface area (Å²) in [5.41, 5.74) is 4.62. The molecule has 0 saturated carbocycles. The number of benzene rings is 2. The van der Waals surface area contributed by atoms with Crippen LogP contribution in [-0.2, 0) is 4.79 Å². The van der Waals surface area contributed by atoms with Gasteiger partial charge in [0.25, 0.3) is 5.91 Å². The first-order chi connectivity index (χ1) is 16.5. The third kappa shape index (κ3) is 5.09. The van der Waals surface area contributed by atoms with Crippen LogP contribution in [0.1, 0.15) is 16.7 Å². The Kier molecular flexibility index (Phi) is 6.91. The number of amides is 1. The number of nitrogens with one attached hydrogen (secondary N) is 1. The fourth-order valence-corrected chi connectivity index (χ4v) is 3.54. The predicted molar refractivity (Wildman–Crippen MR) is 127 cm³/mol. The van der Waals surface area contributed by atoms with E-state index in [4.69, 9.17) is 14.2 Å². The molecule has 0 bridgehead atoms. The van der Waals surface area contributed by atoms with Gasteiger partial charge in [-0.25, -0.2) is 0 Å². The summed E-state index contributed by atoms with van der Waals surface area (Å²) in [5.74, 6) is 2.11. The molecule has 0 saturated heterocycles. The number of carbonyl (C=O) groups is 1. The van der Waals surface area contributed by atoms with E-state index in [0.717, 1.165) is 28.0 Å². The highest BCUT2D eigenvalue weighted by Crippen LogP contribution is 2.28. The lowest BCUT2D eigenvalue weighted by atomic mass is 10.1. The molecule has 9 heteroatoms. The molecule has 176 valence electrons. The van der Waals surface area contributed by atoms with Gasteiger partial charge >= 0.3 is 0 Å². The molecule has 0 radical (unpaired) electrons. The maximum Gasteiger partial charge on any atom is 0.258 e. The Balaban J connectivity index is 1.32. The standard InChI is InChI=1S/C25H27N5O4/c1-16-13-17(2)18(3)21(14-16)34-15-23(31)26-11-12-33-24-10-9-22-27-28-25(30(22)29-24)19-7-5-6-8-20(19)32-4/h5-10,13-14H,11-12,15H2,1-4H3,(H,26,31). The van der Waals surface area contributed by atoms with Crippen LogP contribution in [0.5, 0.6) is 17.4 Å². The van der Waals surface area contributed by atoms with Gasteiger partial charge in [-0.05, 0) is 61.7 Å². The minimum absolute atomic E-state index is 0.0586. The summed E-state index contributed by atoms with van der Waals surface area (Å²) in [6.07, 6.45) is 0. The number of carbonyl (C=O) groups excluding carboxylic acids is 1. The second-order valence-corrected chi connectivity index (χ2v) is 7.86. The Morgan fingerprint density at radius 2 is 1.82 bits per heavy atom. The number of hydrogen-bond donors (Lipinski definition) is 1. The number of aryl methyl sites for hydroxylation is 2. The fourth-order valence-electron chi connectivity index (χ4n) is 3.54. The van der Waals surface area contributed by atoms with Gasteiger partial charge in [0.1, 0.15) is 18.1 Å². The quantitative estimate of drug-likeness (QED) is 0.382. The van der Waals surface area contributed by atoms with E-state index >= 15 is 0 Å². The molecule has 0 fully saturated rings. The first-order valence-corrected chi connectivity index (χ1v) is 10.9. The molecular formula is C25H27N5O4. The van der Waals surface area contributed by atoms with Gasteiger partial charge in [-0.2, -0.15) is 4.52 Å². The molecule has 2 aromatic heterocycles. The van der Waals surface area contributed by atoms with Crippen molar-refractivity contribution < 1.29 is 19.0 Å². The Labute approximate surface area is 197 Å². The van der Waals surface area contributed by atoms with Crippen LogP contribution in [0.3, 0.4) is 0 Å². The van der Waals surface area contributed by atoms with Gasteiger partial charge in [0.15, 0.2) is 18.1 Å². The zero-order chi connectivity index (χ0) is 24.1. The fraction of sp³-hybridized carbons (Fsp3) is 0.280. The van der Waals surface area contributed by atoms with Crippen molar-refractivity contribution in [2.45, 2.75) is 20.8 Å². The summed E-state index contributed by atoms with van der Waals surface area (Å²) >= 11 is 0. The molecule has 1 amide bonds. The summed E-state index contributed by atoms with van der Waals surface area (Å²) < 4.78 is 18.4. The van der Waals surface area contributed by atoms with Crippen molar-refractivity contribution in [3.8, 4) is 28.8 Å². The normalized spacial score (nSPS) is 10.8. The van der Waals surface area contributed by atoms with Crippen LogP contribution in [0.2, 0.25) is 0 Å². The third-order valence-corrected chi connectivity index (χ3v) is 5.38. The monoisotopic (exact) mass is 461 g/mol. The van der Waals surface area contributed by atoms with Crippen LogP contribution < -0.4 is 19.5 Å². The van der Waals surface area contributed by atoms with Gasteiger partial charge in [0.2, 0.25) is 5.88 Å². The average molecular weight is 462 g/mol. The molecule has 2 aromatic carbocycles. The van der Waals surface area contributed by atoms with Crippen LogP contribution in [0.25, 0.3) is 17.0 Å². The van der Waals surface area contributed by atoms with Gasteiger partial charge in [-0.3, -0.25) is 4.79 Å². The first kappa shape index (κ1) is 23.0. The first-order valence-electron chi connectivity index (χ1n) is 10.9. The van der Waals surface area contributed by atoms with E-state index in [9.17, 15) is 4.79 Å². The molecule has 1 N–H and O–H groups in total. The summed E-state index contributed by atoms with van der Waals surface area (Å²) in [6.45, 7) is 6.51.